The second kappa shape index (κ2) is 11.1. The number of nitrogens with two attached hydrogens (primary N) is 1. The number of likely N-dealkylation sites (tertiary alicyclic amines) is 1. The molecule has 1 atom stereocenters. The van der Waals surface area contributed by atoms with Gasteiger partial charge in [0.1, 0.15) is 28.7 Å². The zero-order valence-corrected chi connectivity index (χ0v) is 22.4. The number of fused-ring (bicyclic) bond motifs is 1. The van der Waals surface area contributed by atoms with Gasteiger partial charge in [0.2, 0.25) is 0 Å². The summed E-state index contributed by atoms with van der Waals surface area (Å²) in [5, 5.41) is 2.40. The lowest BCUT2D eigenvalue weighted by atomic mass is 9.97. The number of amides is 2. The monoisotopic (exact) mass is 567 g/mol. The van der Waals surface area contributed by atoms with Crippen LogP contribution in [-0.2, 0) is 10.9 Å². The highest BCUT2D eigenvalue weighted by atomic mass is 19.4. The highest BCUT2D eigenvalue weighted by molar-refractivity contribution is 6.04. The van der Waals surface area contributed by atoms with E-state index in [1.54, 1.807) is 55.4 Å². The lowest BCUT2D eigenvalue weighted by Crippen LogP contribution is -2.40. The average molecular weight is 568 g/mol. The predicted octanol–water partition coefficient (Wildman–Crippen LogP) is 5.37. The normalized spacial score (nSPS) is 15.8. The number of nitrogens with one attached hydrogen (secondary N) is 1. The van der Waals surface area contributed by atoms with Crippen LogP contribution in [0.15, 0.2) is 55.0 Å². The van der Waals surface area contributed by atoms with Crippen LogP contribution in [0.5, 0.6) is 0 Å². The van der Waals surface area contributed by atoms with Gasteiger partial charge >= 0.3 is 12.3 Å². The summed E-state index contributed by atoms with van der Waals surface area (Å²) in [4.78, 5) is 39.9. The van der Waals surface area contributed by atoms with E-state index in [0.29, 0.717) is 29.9 Å². The van der Waals surface area contributed by atoms with E-state index in [0.717, 1.165) is 37.0 Å². The molecule has 3 N–H and O–H groups in total. The molecule has 0 saturated carbocycles. The summed E-state index contributed by atoms with van der Waals surface area (Å²) in [5.74, 6) is 0.0949. The SMILES string of the molecule is CC(C)OC(=O)N1CCCC(c2nc(-c3ccc(C(=O)Nc4cc(C(F)(F)F)ccn4)cc3)c3c(N)nccn23)C1. The number of carbonyl (C=O) groups excluding carboxylic acids is 2. The number of hydrogen-bond acceptors (Lipinski definition) is 7. The predicted molar refractivity (Wildman–Crippen MR) is 145 cm³/mol. The van der Waals surface area contributed by atoms with Gasteiger partial charge in [-0.3, -0.25) is 9.20 Å². The zero-order valence-electron chi connectivity index (χ0n) is 22.4. The van der Waals surface area contributed by atoms with Crippen LogP contribution in [0.2, 0.25) is 0 Å². The molecule has 1 aromatic carbocycles. The summed E-state index contributed by atoms with van der Waals surface area (Å²) < 4.78 is 46.3. The molecular formula is C28H28F3N7O3. The fourth-order valence-electron chi connectivity index (χ4n) is 4.85. The lowest BCUT2D eigenvalue weighted by Gasteiger charge is -2.32. The van der Waals surface area contributed by atoms with Gasteiger partial charge in [-0.2, -0.15) is 13.2 Å². The number of carbonyl (C=O) groups is 2. The first-order valence-corrected chi connectivity index (χ1v) is 13.0. The number of anilines is 2. The number of alkyl halides is 3. The molecule has 41 heavy (non-hydrogen) atoms. The summed E-state index contributed by atoms with van der Waals surface area (Å²) in [6.45, 7) is 4.65. The van der Waals surface area contributed by atoms with Crippen LogP contribution in [-0.4, -0.2) is 55.4 Å². The van der Waals surface area contributed by atoms with Crippen LogP contribution >= 0.6 is 0 Å². The smallest absolute Gasteiger partial charge is 0.416 e. The van der Waals surface area contributed by atoms with Crippen molar-refractivity contribution < 1.29 is 27.5 Å². The van der Waals surface area contributed by atoms with Crippen molar-refractivity contribution in [2.45, 2.75) is 44.9 Å². The minimum absolute atomic E-state index is 0.0727. The first-order valence-electron chi connectivity index (χ1n) is 13.0. The average Bonchev–Trinajstić information content (AvgIpc) is 3.34. The van der Waals surface area contributed by atoms with E-state index >= 15 is 0 Å². The largest absolute Gasteiger partial charge is 0.447 e. The number of piperidine rings is 1. The standard InChI is InChI=1S/C28H28F3N7O3/c1-16(2)41-27(40)37-12-3-4-19(15-37)25-36-22(23-24(32)34-11-13-38(23)25)17-5-7-18(8-6-17)26(39)35-21-14-20(9-10-33-21)28(29,30)31/h5-11,13-14,16,19H,3-4,12,15H2,1-2H3,(H2,32,34)(H,33,35,39). The Balaban J connectivity index is 1.41. The van der Waals surface area contributed by atoms with E-state index in [1.807, 2.05) is 4.40 Å². The summed E-state index contributed by atoms with van der Waals surface area (Å²) in [7, 11) is 0. The molecule has 0 aliphatic carbocycles. The van der Waals surface area contributed by atoms with E-state index < -0.39 is 17.6 Å². The molecule has 1 unspecified atom stereocenters. The van der Waals surface area contributed by atoms with Crippen molar-refractivity contribution in [3.63, 3.8) is 0 Å². The number of aromatic nitrogens is 4. The minimum Gasteiger partial charge on any atom is -0.447 e. The minimum atomic E-state index is -4.56. The molecular weight excluding hydrogens is 539 g/mol. The first kappa shape index (κ1) is 27.9. The van der Waals surface area contributed by atoms with Crippen LogP contribution in [0.4, 0.5) is 29.6 Å². The second-order valence-electron chi connectivity index (χ2n) is 10.0. The highest BCUT2D eigenvalue weighted by Gasteiger charge is 2.32. The van der Waals surface area contributed by atoms with Gasteiger partial charge in [0, 0.05) is 48.7 Å². The maximum atomic E-state index is 13.0. The Bertz CT molecular complexity index is 1590. The van der Waals surface area contributed by atoms with Gasteiger partial charge in [0.25, 0.3) is 5.91 Å². The Kier molecular flexibility index (Phi) is 7.52. The number of nitrogens with zero attached hydrogens (tertiary/aromatic N) is 5. The number of halogens is 3. The van der Waals surface area contributed by atoms with Crippen molar-refractivity contribution in [3.05, 3.63) is 71.9 Å². The Hall–Kier alpha value is -4.68. The number of benzene rings is 1. The van der Waals surface area contributed by atoms with Gasteiger partial charge in [-0.1, -0.05) is 12.1 Å². The fraction of sp³-hybridized carbons (Fsp3) is 0.321. The van der Waals surface area contributed by atoms with Gasteiger partial charge in [0.15, 0.2) is 0 Å². The molecule has 4 heterocycles. The van der Waals surface area contributed by atoms with Crippen molar-refractivity contribution in [1.29, 1.82) is 0 Å². The third-order valence-corrected chi connectivity index (χ3v) is 6.74. The van der Waals surface area contributed by atoms with Gasteiger partial charge in [-0.25, -0.2) is 19.7 Å². The first-order chi connectivity index (χ1) is 19.5. The maximum absolute atomic E-state index is 13.0. The van der Waals surface area contributed by atoms with E-state index in [9.17, 15) is 22.8 Å². The van der Waals surface area contributed by atoms with E-state index in [1.165, 1.54) is 0 Å². The van der Waals surface area contributed by atoms with Crippen molar-refractivity contribution in [3.8, 4) is 11.3 Å². The van der Waals surface area contributed by atoms with E-state index in [-0.39, 0.29) is 35.3 Å². The summed E-state index contributed by atoms with van der Waals surface area (Å²) in [6, 6.07) is 8.05. The topological polar surface area (TPSA) is 128 Å². The zero-order chi connectivity index (χ0) is 29.3. The second-order valence-corrected chi connectivity index (χ2v) is 10.0. The molecule has 1 saturated heterocycles. The van der Waals surface area contributed by atoms with Crippen LogP contribution in [0.1, 0.15) is 54.4 Å². The fourth-order valence-corrected chi connectivity index (χ4v) is 4.85. The van der Waals surface area contributed by atoms with Gasteiger partial charge < -0.3 is 20.7 Å². The lowest BCUT2D eigenvalue weighted by molar-refractivity contribution is -0.137. The quantitative estimate of drug-likeness (QED) is 0.332. The Morgan fingerprint density at radius 3 is 2.59 bits per heavy atom. The molecule has 2 amide bonds. The van der Waals surface area contributed by atoms with Gasteiger partial charge in [-0.15, -0.1) is 0 Å². The molecule has 5 rings (SSSR count). The number of imidazole rings is 1. The molecule has 1 aliphatic rings. The third-order valence-electron chi connectivity index (χ3n) is 6.74. The number of pyridine rings is 1. The molecule has 13 heteroatoms. The van der Waals surface area contributed by atoms with Crippen LogP contribution in [0.3, 0.4) is 0 Å². The van der Waals surface area contributed by atoms with Crippen LogP contribution in [0.25, 0.3) is 16.8 Å². The Morgan fingerprint density at radius 2 is 1.88 bits per heavy atom. The number of hydrogen-bond donors (Lipinski definition) is 2. The highest BCUT2D eigenvalue weighted by Crippen LogP contribution is 2.34. The number of nitrogen functional groups attached to an aromatic ring is 1. The number of ether oxygens (including phenoxy) is 1. The third kappa shape index (κ3) is 5.93. The van der Waals surface area contributed by atoms with Crippen molar-refractivity contribution in [2.24, 2.45) is 0 Å². The van der Waals surface area contributed by atoms with Crippen molar-refractivity contribution >= 4 is 29.2 Å². The summed E-state index contributed by atoms with van der Waals surface area (Å²) in [6.07, 6.45) is 0.801. The molecule has 3 aromatic heterocycles. The summed E-state index contributed by atoms with van der Waals surface area (Å²) in [5.41, 5.74) is 7.38. The van der Waals surface area contributed by atoms with Gasteiger partial charge in [-0.05, 0) is 51.0 Å². The maximum Gasteiger partial charge on any atom is 0.416 e. The summed E-state index contributed by atoms with van der Waals surface area (Å²) >= 11 is 0. The van der Waals surface area contributed by atoms with Crippen LogP contribution in [0, 0.1) is 0 Å². The number of rotatable bonds is 5. The van der Waals surface area contributed by atoms with E-state index in [2.05, 4.69) is 15.3 Å². The molecule has 0 radical (unpaired) electrons. The molecule has 1 aliphatic heterocycles. The molecule has 0 spiro atoms. The van der Waals surface area contributed by atoms with E-state index in [4.69, 9.17) is 15.5 Å². The Morgan fingerprint density at radius 1 is 1.12 bits per heavy atom. The van der Waals surface area contributed by atoms with Gasteiger partial charge in [0.05, 0.1) is 11.7 Å². The molecule has 1 fully saturated rings. The Labute approximate surface area is 233 Å². The molecule has 214 valence electrons. The molecule has 0 bridgehead atoms. The molecule has 4 aromatic rings. The van der Waals surface area contributed by atoms with Crippen molar-refractivity contribution in [2.75, 3.05) is 24.1 Å². The molecule has 10 nitrogen and oxygen atoms in total. The van der Waals surface area contributed by atoms with Crippen LogP contribution < -0.4 is 11.1 Å². The van der Waals surface area contributed by atoms with Crippen molar-refractivity contribution in [1.82, 2.24) is 24.3 Å².